The summed E-state index contributed by atoms with van der Waals surface area (Å²) in [7, 11) is 0. The lowest BCUT2D eigenvalue weighted by atomic mass is 10.1. The fourth-order valence-electron chi connectivity index (χ4n) is 3.00. The van der Waals surface area contributed by atoms with Gasteiger partial charge in [0, 0.05) is 6.61 Å². The molecular weight excluding hydrogens is 288 g/mol. The number of hydrogen-bond acceptors (Lipinski definition) is 3. The zero-order chi connectivity index (χ0) is 16.2. The Balaban J connectivity index is 2.05. The number of benzene rings is 1. The van der Waals surface area contributed by atoms with E-state index in [2.05, 4.69) is 19.1 Å². The monoisotopic (exact) mass is 308 g/mol. The summed E-state index contributed by atoms with van der Waals surface area (Å²) in [6.45, 7) is 3.36. The van der Waals surface area contributed by atoms with Gasteiger partial charge in [-0.1, -0.05) is 31.2 Å². The van der Waals surface area contributed by atoms with E-state index in [-0.39, 0.29) is 17.2 Å². The van der Waals surface area contributed by atoms with E-state index in [9.17, 15) is 4.79 Å². The highest BCUT2D eigenvalue weighted by atomic mass is 16.5. The first-order valence-electron chi connectivity index (χ1n) is 8.07. The molecule has 4 nitrogen and oxygen atoms in total. The van der Waals surface area contributed by atoms with Crippen LogP contribution in [0.25, 0.3) is 11.3 Å². The van der Waals surface area contributed by atoms with E-state index in [1.165, 1.54) is 5.56 Å². The van der Waals surface area contributed by atoms with E-state index >= 15 is 0 Å². The Kier molecular flexibility index (Phi) is 4.59. The van der Waals surface area contributed by atoms with Crippen molar-refractivity contribution in [1.29, 1.82) is 5.26 Å². The Bertz CT molecular complexity index is 778. The highest BCUT2D eigenvalue weighted by Gasteiger charge is 2.19. The van der Waals surface area contributed by atoms with E-state index in [1.807, 2.05) is 24.3 Å². The van der Waals surface area contributed by atoms with Gasteiger partial charge in [-0.3, -0.25) is 4.79 Å². The summed E-state index contributed by atoms with van der Waals surface area (Å²) in [6.07, 6.45) is 3.02. The molecule has 0 amide bonds. The van der Waals surface area contributed by atoms with Crippen molar-refractivity contribution in [2.24, 2.45) is 0 Å². The topological polar surface area (TPSA) is 55.0 Å². The molecule has 0 saturated carbocycles. The molecular formula is C19H20N2O2. The van der Waals surface area contributed by atoms with Crippen molar-refractivity contribution in [2.45, 2.75) is 38.8 Å². The van der Waals surface area contributed by atoms with E-state index in [4.69, 9.17) is 10.00 Å². The quantitative estimate of drug-likeness (QED) is 0.872. The molecule has 4 heteroatoms. The lowest BCUT2D eigenvalue weighted by Crippen LogP contribution is -2.29. The van der Waals surface area contributed by atoms with Crippen LogP contribution in [0.1, 0.15) is 30.9 Å². The minimum absolute atomic E-state index is 0.0512. The van der Waals surface area contributed by atoms with Crippen LogP contribution >= 0.6 is 0 Å². The summed E-state index contributed by atoms with van der Waals surface area (Å²) in [5, 5.41) is 9.14. The highest BCUT2D eigenvalue weighted by Crippen LogP contribution is 2.22. The molecule has 0 aliphatic carbocycles. The van der Waals surface area contributed by atoms with Crippen LogP contribution in [-0.2, 0) is 17.7 Å². The first-order chi connectivity index (χ1) is 11.2. The molecule has 1 aromatic carbocycles. The number of hydrogen-bond donors (Lipinski definition) is 0. The molecule has 1 aliphatic heterocycles. The van der Waals surface area contributed by atoms with Gasteiger partial charge in [0.1, 0.15) is 11.6 Å². The molecule has 1 aliphatic rings. The number of aryl methyl sites for hydroxylation is 1. The number of nitriles is 1. The molecule has 0 N–H and O–H groups in total. The first kappa shape index (κ1) is 15.5. The van der Waals surface area contributed by atoms with Crippen LogP contribution in [0.3, 0.4) is 0 Å². The molecule has 2 heterocycles. The zero-order valence-electron chi connectivity index (χ0n) is 13.3. The van der Waals surface area contributed by atoms with Gasteiger partial charge in [0.15, 0.2) is 0 Å². The molecule has 2 aromatic rings. The molecule has 1 saturated heterocycles. The second-order valence-electron chi connectivity index (χ2n) is 5.85. The SMILES string of the molecule is CCc1ccc(-c2ccc(C#N)c(=O)n2CC2CCCO2)cc1. The van der Waals surface area contributed by atoms with Crippen molar-refractivity contribution in [3.63, 3.8) is 0 Å². The summed E-state index contributed by atoms with van der Waals surface area (Å²) in [5.41, 5.74) is 3.03. The van der Waals surface area contributed by atoms with Gasteiger partial charge in [0.25, 0.3) is 5.56 Å². The van der Waals surface area contributed by atoms with Crippen molar-refractivity contribution < 1.29 is 4.74 Å². The van der Waals surface area contributed by atoms with Gasteiger partial charge in [0.05, 0.1) is 18.3 Å². The van der Waals surface area contributed by atoms with Gasteiger partial charge in [-0.15, -0.1) is 0 Å². The second-order valence-corrected chi connectivity index (χ2v) is 5.85. The third kappa shape index (κ3) is 3.20. The largest absolute Gasteiger partial charge is 0.376 e. The smallest absolute Gasteiger partial charge is 0.269 e. The molecule has 1 atom stereocenters. The van der Waals surface area contributed by atoms with Crippen molar-refractivity contribution >= 4 is 0 Å². The maximum Gasteiger partial charge on any atom is 0.269 e. The molecule has 1 aromatic heterocycles. The molecule has 23 heavy (non-hydrogen) atoms. The second kappa shape index (κ2) is 6.80. The van der Waals surface area contributed by atoms with Gasteiger partial charge >= 0.3 is 0 Å². The van der Waals surface area contributed by atoms with Crippen molar-refractivity contribution in [3.05, 3.63) is 57.9 Å². The fourth-order valence-corrected chi connectivity index (χ4v) is 3.00. The highest BCUT2D eigenvalue weighted by molar-refractivity contribution is 5.61. The standard InChI is InChI=1S/C19H20N2O2/c1-2-14-5-7-15(8-6-14)18-10-9-16(12-20)19(22)21(18)13-17-4-3-11-23-17/h5-10,17H,2-4,11,13H2,1H3. The number of pyridine rings is 1. The minimum atomic E-state index is -0.236. The van der Waals surface area contributed by atoms with Crippen LogP contribution in [0.4, 0.5) is 0 Å². The average Bonchev–Trinajstić information content (AvgIpc) is 3.10. The van der Waals surface area contributed by atoms with Gasteiger partial charge in [-0.2, -0.15) is 5.26 Å². The maximum atomic E-state index is 12.6. The molecule has 0 bridgehead atoms. The number of rotatable bonds is 4. The Morgan fingerprint density at radius 2 is 2.04 bits per heavy atom. The normalized spacial score (nSPS) is 17.1. The van der Waals surface area contributed by atoms with E-state index in [1.54, 1.807) is 10.6 Å². The van der Waals surface area contributed by atoms with Gasteiger partial charge in [0.2, 0.25) is 0 Å². The minimum Gasteiger partial charge on any atom is -0.376 e. The zero-order valence-corrected chi connectivity index (χ0v) is 13.3. The Morgan fingerprint density at radius 3 is 2.65 bits per heavy atom. The summed E-state index contributed by atoms with van der Waals surface area (Å²) >= 11 is 0. The lowest BCUT2D eigenvalue weighted by Gasteiger charge is -2.17. The number of nitrogens with zero attached hydrogens (tertiary/aromatic N) is 2. The Labute approximate surface area is 135 Å². The molecule has 0 radical (unpaired) electrons. The molecule has 1 fully saturated rings. The summed E-state index contributed by atoms with van der Waals surface area (Å²) in [5.74, 6) is 0. The van der Waals surface area contributed by atoms with Crippen LogP contribution < -0.4 is 5.56 Å². The van der Waals surface area contributed by atoms with Crippen LogP contribution in [-0.4, -0.2) is 17.3 Å². The van der Waals surface area contributed by atoms with Gasteiger partial charge in [-0.25, -0.2) is 0 Å². The predicted octanol–water partition coefficient (Wildman–Crippen LogP) is 3.13. The van der Waals surface area contributed by atoms with Crippen LogP contribution in [0.2, 0.25) is 0 Å². The fraction of sp³-hybridized carbons (Fsp3) is 0.368. The predicted molar refractivity (Wildman–Crippen MR) is 89.2 cm³/mol. The van der Waals surface area contributed by atoms with Crippen LogP contribution in [0, 0.1) is 11.3 Å². The molecule has 118 valence electrons. The third-order valence-electron chi connectivity index (χ3n) is 4.36. The van der Waals surface area contributed by atoms with Crippen LogP contribution in [0.5, 0.6) is 0 Å². The van der Waals surface area contributed by atoms with E-state index in [0.717, 1.165) is 37.1 Å². The van der Waals surface area contributed by atoms with Crippen LogP contribution in [0.15, 0.2) is 41.2 Å². The van der Waals surface area contributed by atoms with Crippen molar-refractivity contribution in [2.75, 3.05) is 6.61 Å². The Morgan fingerprint density at radius 1 is 1.26 bits per heavy atom. The van der Waals surface area contributed by atoms with Crippen molar-refractivity contribution in [1.82, 2.24) is 4.57 Å². The third-order valence-corrected chi connectivity index (χ3v) is 4.36. The van der Waals surface area contributed by atoms with Crippen molar-refractivity contribution in [3.8, 4) is 17.3 Å². The molecule has 3 rings (SSSR count). The average molecular weight is 308 g/mol. The first-order valence-corrected chi connectivity index (χ1v) is 8.07. The molecule has 1 unspecified atom stereocenters. The van der Waals surface area contributed by atoms with E-state index < -0.39 is 0 Å². The maximum absolute atomic E-state index is 12.6. The van der Waals surface area contributed by atoms with Gasteiger partial charge < -0.3 is 9.30 Å². The van der Waals surface area contributed by atoms with Gasteiger partial charge in [-0.05, 0) is 42.5 Å². The summed E-state index contributed by atoms with van der Waals surface area (Å²) < 4.78 is 7.36. The summed E-state index contributed by atoms with van der Waals surface area (Å²) in [4.78, 5) is 12.6. The number of aromatic nitrogens is 1. The molecule has 0 spiro atoms. The lowest BCUT2D eigenvalue weighted by molar-refractivity contribution is 0.0965. The summed E-state index contributed by atoms with van der Waals surface area (Å²) in [6, 6.07) is 13.7. The van der Waals surface area contributed by atoms with E-state index in [0.29, 0.717) is 6.54 Å². The number of ether oxygens (including phenoxy) is 1. The Hall–Kier alpha value is -2.38.